The first-order valence-corrected chi connectivity index (χ1v) is 15.4. The van der Waals surface area contributed by atoms with Crippen LogP contribution >= 0.6 is 23.5 Å². The van der Waals surface area contributed by atoms with E-state index in [0.29, 0.717) is 0 Å². The summed E-state index contributed by atoms with van der Waals surface area (Å²) in [7, 11) is -13.7. The van der Waals surface area contributed by atoms with Crippen molar-refractivity contribution in [3.05, 3.63) is 6.42 Å². The van der Waals surface area contributed by atoms with Gasteiger partial charge in [-0.05, 0) is 17.8 Å². The van der Waals surface area contributed by atoms with Gasteiger partial charge in [0.05, 0.1) is 19.3 Å². The van der Waals surface area contributed by atoms with Crippen molar-refractivity contribution in [2.45, 2.75) is 53.9 Å². The molecule has 0 aromatic heterocycles. The molecule has 1 aliphatic heterocycles. The Labute approximate surface area is 233 Å². The van der Waals surface area contributed by atoms with Gasteiger partial charge in [0.15, 0.2) is 6.29 Å². The predicted octanol–water partition coefficient (Wildman–Crippen LogP) is 3.08. The molecule has 0 aliphatic carbocycles. The standard InChI is InChI=1S/C18H38O13P3.Y/c1-11(13(3)12(2)9-28-32(19,20)21)7-8-27-34(25,26)31-18-16(6)14(4)15(5)17(30-18)10-29-33(22,23)24;/h7,11-18H,8-10H2,1-6H3,(H,25,26)(H2,19,20,21)(H2,22,23,24);/q-1;/t11-,12?,13+,14+,15+,16?,17?,18-;/m1./s1/i/hT. The second kappa shape index (κ2) is 15.3. The van der Waals surface area contributed by atoms with Crippen LogP contribution in [0.3, 0.4) is 0 Å². The Balaban J connectivity index is 0.0000122. The summed E-state index contributed by atoms with van der Waals surface area (Å²) in [5.41, 5.74) is 0. The van der Waals surface area contributed by atoms with E-state index in [4.69, 9.17) is 34.4 Å². The molecule has 1 aliphatic rings. The van der Waals surface area contributed by atoms with Gasteiger partial charge in [0.25, 0.3) is 0 Å². The zero-order chi connectivity index (χ0) is 27.2. The van der Waals surface area contributed by atoms with E-state index in [1.807, 2.05) is 27.7 Å². The smallest absolute Gasteiger partial charge is 0.346 e. The Morgan fingerprint density at radius 2 is 1.54 bits per heavy atom. The molecular weight excluding hydrogens is 606 g/mol. The molecule has 0 bridgehead atoms. The van der Waals surface area contributed by atoms with E-state index >= 15 is 0 Å². The summed E-state index contributed by atoms with van der Waals surface area (Å²) in [4.78, 5) is 40.9. The maximum Gasteiger partial charge on any atom is 0.471 e. The van der Waals surface area contributed by atoms with E-state index in [1.54, 1.807) is 20.3 Å². The van der Waals surface area contributed by atoms with Gasteiger partial charge >= 0.3 is 23.5 Å². The Hall–Kier alpha value is 1.39. The van der Waals surface area contributed by atoms with Gasteiger partial charge in [-0.15, -0.1) is 0 Å². The molecule has 0 saturated carbocycles. The minimum atomic E-state index is -4.71. The fourth-order valence-corrected chi connectivity index (χ4v) is 5.12. The van der Waals surface area contributed by atoms with Crippen LogP contribution < -0.4 is 0 Å². The number of phosphoric acid groups is 3. The van der Waals surface area contributed by atoms with Crippen LogP contribution in [0.5, 0.6) is 0 Å². The molecule has 0 spiro atoms. The third-order valence-corrected chi connectivity index (χ3v) is 8.47. The molecule has 1 saturated heterocycles. The predicted molar refractivity (Wildman–Crippen MR) is 121 cm³/mol. The van der Waals surface area contributed by atoms with Crippen molar-refractivity contribution in [3.63, 3.8) is 0 Å². The summed E-state index contributed by atoms with van der Waals surface area (Å²) < 4.78 is 66.5. The SMILES string of the molecule is [3H]OP(=O)(O)OCC(C)[C@@H](C)[C@H](C)[CH-]COP(=O)(O)O[C@H]1OC(COP(=O)(O)O)[C@@H](C)[C@H](C)C1C.[Y]. The van der Waals surface area contributed by atoms with Crippen molar-refractivity contribution in [1.82, 2.24) is 0 Å². The fourth-order valence-electron chi connectivity index (χ4n) is 3.51. The molecule has 13 nitrogen and oxygen atoms in total. The number of rotatable bonds is 15. The van der Waals surface area contributed by atoms with Gasteiger partial charge in [-0.1, -0.05) is 54.1 Å². The summed E-state index contributed by atoms with van der Waals surface area (Å²) in [5.74, 6) is -0.999. The van der Waals surface area contributed by atoms with E-state index in [-0.39, 0.29) is 81.4 Å². The molecule has 0 aromatic rings. The number of ether oxygens (including phenoxy) is 1. The molecule has 1 rings (SSSR count). The first-order valence-electron chi connectivity index (χ1n) is 11.3. The quantitative estimate of drug-likeness (QED) is 0.129. The van der Waals surface area contributed by atoms with Crippen LogP contribution in [0, 0.1) is 41.9 Å². The Morgan fingerprint density at radius 3 is 2.09 bits per heavy atom. The van der Waals surface area contributed by atoms with Gasteiger partial charge in [0.2, 0.25) is 1.43 Å². The first-order chi connectivity index (χ1) is 15.9. The van der Waals surface area contributed by atoms with Crippen molar-refractivity contribution in [2.24, 2.45) is 35.5 Å². The summed E-state index contributed by atoms with van der Waals surface area (Å²) in [6, 6.07) is 0. The Bertz CT molecular complexity index is 802. The van der Waals surface area contributed by atoms with Crippen LogP contribution in [0.4, 0.5) is 0 Å². The molecule has 5 unspecified atom stereocenters. The Kier molecular flexibility index (Phi) is 15.0. The fraction of sp³-hybridized carbons (Fsp3) is 0.944. The van der Waals surface area contributed by atoms with Gasteiger partial charge in [-0.3, -0.25) is 20.0 Å². The van der Waals surface area contributed by atoms with E-state index in [0.717, 1.165) is 0 Å². The molecule has 0 aromatic carbocycles. The zero-order valence-electron chi connectivity index (χ0n) is 21.7. The number of hydrogen-bond donors (Lipinski definition) is 5. The van der Waals surface area contributed by atoms with Crippen LogP contribution in [0.15, 0.2) is 0 Å². The maximum atomic E-state index is 12.5. The summed E-state index contributed by atoms with van der Waals surface area (Å²) in [6.45, 7) is 10.1. The number of phosphoric ester groups is 3. The summed E-state index contributed by atoms with van der Waals surface area (Å²) in [6.07, 6.45) is -0.298. The van der Waals surface area contributed by atoms with Crippen molar-refractivity contribution in [2.75, 3.05) is 19.8 Å². The van der Waals surface area contributed by atoms with Gasteiger partial charge < -0.3 is 33.7 Å². The molecule has 17 heteroatoms. The van der Waals surface area contributed by atoms with Crippen LogP contribution in [-0.2, 0) is 69.2 Å². The Morgan fingerprint density at radius 1 is 0.943 bits per heavy atom. The van der Waals surface area contributed by atoms with Crippen LogP contribution in [-0.4, -0.2) is 58.1 Å². The first kappa shape index (κ1) is 34.4. The molecule has 35 heavy (non-hydrogen) atoms. The molecule has 0 amide bonds. The van der Waals surface area contributed by atoms with E-state index in [1.165, 1.54) is 0 Å². The third kappa shape index (κ3) is 13.8. The molecular formula is C18H38O13P3Y-. The summed E-state index contributed by atoms with van der Waals surface area (Å²) >= 11 is 0. The van der Waals surface area contributed by atoms with Crippen molar-refractivity contribution in [1.29, 1.82) is 1.43 Å². The van der Waals surface area contributed by atoms with Gasteiger partial charge in [0, 0.05) is 38.6 Å². The van der Waals surface area contributed by atoms with Crippen molar-refractivity contribution in [3.8, 4) is 0 Å². The van der Waals surface area contributed by atoms with E-state index in [9.17, 15) is 18.6 Å². The molecule has 207 valence electrons. The maximum absolute atomic E-state index is 12.5. The van der Waals surface area contributed by atoms with Gasteiger partial charge in [0.1, 0.15) is 0 Å². The minimum absolute atomic E-state index is 0. The van der Waals surface area contributed by atoms with Crippen LogP contribution in [0.25, 0.3) is 0 Å². The van der Waals surface area contributed by atoms with Gasteiger partial charge in [-0.2, -0.15) is 5.92 Å². The molecule has 1 radical (unpaired) electrons. The third-order valence-electron chi connectivity index (χ3n) is 6.56. The average Bonchev–Trinajstić information content (AvgIpc) is 2.75. The summed E-state index contributed by atoms with van der Waals surface area (Å²) in [5, 5.41) is 0. The van der Waals surface area contributed by atoms with E-state index < -0.39 is 42.5 Å². The van der Waals surface area contributed by atoms with E-state index in [2.05, 4.69) is 9.42 Å². The normalized spacial score (nSPS) is 31.8. The van der Waals surface area contributed by atoms with Crippen molar-refractivity contribution >= 4 is 23.5 Å². The monoisotopic (exact) mass is 646 g/mol. The van der Waals surface area contributed by atoms with Crippen LogP contribution in [0.2, 0.25) is 0 Å². The molecule has 1 fully saturated rings. The van der Waals surface area contributed by atoms with Crippen molar-refractivity contribution < 1.29 is 93.7 Å². The zero-order valence-corrected chi connectivity index (χ0v) is 26.2. The molecule has 1 heterocycles. The van der Waals surface area contributed by atoms with Gasteiger partial charge in [-0.25, -0.2) is 13.7 Å². The minimum Gasteiger partial charge on any atom is -0.346 e. The topological polar surface area (TPSA) is 199 Å². The number of hydrogen-bond acceptors (Lipinski definition) is 9. The largest absolute Gasteiger partial charge is 0.471 e. The second-order valence-corrected chi connectivity index (χ2v) is 12.8. The second-order valence-electron chi connectivity index (χ2n) is 8.97. The van der Waals surface area contributed by atoms with Crippen LogP contribution in [0.1, 0.15) is 41.5 Å². The molecule has 5 N–H and O–H groups in total. The average molecular weight is 646 g/mol. The molecule has 10 atom stereocenters.